The zero-order valence-electron chi connectivity index (χ0n) is 43.1. The Kier molecular flexibility index (Phi) is 24.0. The molecule has 3 aromatic rings. The number of aliphatic hydroxyl groups excluding tert-OH is 2. The second-order valence-corrected chi connectivity index (χ2v) is 20.9. The van der Waals surface area contributed by atoms with E-state index in [0.717, 1.165) is 60.3 Å². The van der Waals surface area contributed by atoms with Gasteiger partial charge in [0.05, 0.1) is 43.4 Å². The van der Waals surface area contributed by atoms with E-state index >= 15 is 0 Å². The Hall–Kier alpha value is -4.49. The maximum atomic E-state index is 13.6. The molecule has 2 aliphatic carbocycles. The van der Waals surface area contributed by atoms with Crippen LogP contribution in [-0.4, -0.2) is 72.8 Å². The highest BCUT2D eigenvalue weighted by Gasteiger charge is 2.64. The largest absolute Gasteiger partial charge is 0.497 e. The van der Waals surface area contributed by atoms with Crippen molar-refractivity contribution in [3.05, 3.63) is 102 Å². The number of ether oxygens (including phenoxy) is 5. The zero-order chi connectivity index (χ0) is 50.1. The van der Waals surface area contributed by atoms with E-state index in [1.807, 2.05) is 54.2 Å². The van der Waals surface area contributed by atoms with Crippen LogP contribution in [0, 0.1) is 17.8 Å². The normalized spacial score (nSPS) is 21.6. The lowest BCUT2D eigenvalue weighted by molar-refractivity contribution is -0.223. The number of carbonyl (C=O) groups is 1. The standard InChI is InChI=1S/C59H84N2O9S/c1-5-7-8-9-10-11-12-13-14-15-16-17-18-26-38-71-55-42-52(61-68-43-44-27-20-19-21-28-44)49-39-45(29-22-24-35-62)48(30-23-25-36-63)56-50-40-47(32-34-53(50)70-59(55,57(49)56)67-37-6-2)69-58(64)60-51-33-31-46(65-3)41-54(51)66-4/h6,19-21,27-28,31-34,39-41,45,48,55-57,62-63H,2,5,7-18,22-26,29-30,35-38,42-43H2,1,3-4H3,(H,60,64)/t45-,48+,55-,56+,57+,59+/m0/s1. The highest BCUT2D eigenvalue weighted by atomic mass is 32.2. The van der Waals surface area contributed by atoms with Crippen LogP contribution in [0.2, 0.25) is 0 Å². The minimum absolute atomic E-state index is 0.108. The number of thioether (sulfide) groups is 1. The summed E-state index contributed by atoms with van der Waals surface area (Å²) in [4.78, 5) is 19.9. The number of rotatable bonds is 34. The van der Waals surface area contributed by atoms with Crippen LogP contribution in [0.5, 0.6) is 23.0 Å². The first-order valence-electron chi connectivity index (χ1n) is 27.0. The molecular weight excluding hydrogens is 913 g/mol. The molecule has 0 aromatic heterocycles. The summed E-state index contributed by atoms with van der Waals surface area (Å²) < 4.78 is 31.5. The Bertz CT molecular complexity index is 2110. The van der Waals surface area contributed by atoms with Crippen LogP contribution >= 0.6 is 11.8 Å². The third kappa shape index (κ3) is 16.0. The summed E-state index contributed by atoms with van der Waals surface area (Å²) in [6.07, 6.45) is 27.4. The Morgan fingerprint density at radius 1 is 0.817 bits per heavy atom. The number of carbonyl (C=O) groups excluding carboxylic acids is 1. The molecule has 0 unspecified atom stereocenters. The number of nitrogens with one attached hydrogen (secondary N) is 1. The van der Waals surface area contributed by atoms with Gasteiger partial charge in [-0.3, -0.25) is 5.32 Å². The van der Waals surface area contributed by atoms with Crippen molar-refractivity contribution in [1.82, 2.24) is 0 Å². The average molecular weight is 997 g/mol. The van der Waals surface area contributed by atoms with Gasteiger partial charge < -0.3 is 38.7 Å². The number of hydrogen-bond donors (Lipinski definition) is 3. The van der Waals surface area contributed by atoms with Crippen molar-refractivity contribution >= 4 is 29.3 Å². The Morgan fingerprint density at radius 3 is 2.15 bits per heavy atom. The molecule has 0 spiro atoms. The molecule has 0 bridgehead atoms. The molecule has 12 heteroatoms. The second-order valence-electron chi connectivity index (χ2n) is 19.6. The van der Waals surface area contributed by atoms with Gasteiger partial charge in [0, 0.05) is 37.2 Å². The van der Waals surface area contributed by atoms with Gasteiger partial charge in [-0.25, -0.2) is 4.79 Å². The number of anilines is 1. The second kappa shape index (κ2) is 30.5. The predicted molar refractivity (Wildman–Crippen MR) is 288 cm³/mol. The van der Waals surface area contributed by atoms with Crippen molar-refractivity contribution < 1.29 is 43.5 Å². The summed E-state index contributed by atoms with van der Waals surface area (Å²) in [6.45, 7) is 7.26. The number of fused-ring (bicyclic) bond motifs is 2. The van der Waals surface area contributed by atoms with Crippen molar-refractivity contribution in [2.75, 3.05) is 45.1 Å². The molecule has 6 atom stereocenters. The smallest absolute Gasteiger partial charge is 0.417 e. The molecule has 6 rings (SSSR count). The fraction of sp³-hybridized carbons (Fsp3) is 0.593. The Morgan fingerprint density at radius 2 is 1.49 bits per heavy atom. The molecular formula is C59H84N2O9S. The maximum Gasteiger partial charge on any atom is 0.417 e. The van der Waals surface area contributed by atoms with Gasteiger partial charge in [-0.2, -0.15) is 11.8 Å². The van der Waals surface area contributed by atoms with Crippen molar-refractivity contribution in [2.45, 2.75) is 165 Å². The van der Waals surface area contributed by atoms with Crippen LogP contribution in [0.25, 0.3) is 0 Å². The van der Waals surface area contributed by atoms with Crippen LogP contribution in [0.15, 0.2) is 96.2 Å². The number of benzene rings is 3. The number of nitrogens with zero attached hydrogens (tertiary/aromatic N) is 1. The van der Waals surface area contributed by atoms with E-state index in [1.165, 1.54) is 90.6 Å². The van der Waals surface area contributed by atoms with Gasteiger partial charge in [0.15, 0.2) is 0 Å². The quantitative estimate of drug-likeness (QED) is 0.0301. The number of aliphatic hydroxyl groups is 2. The van der Waals surface area contributed by atoms with Gasteiger partial charge in [0.2, 0.25) is 5.79 Å². The highest BCUT2D eigenvalue weighted by Crippen LogP contribution is 2.62. The first-order chi connectivity index (χ1) is 34.9. The lowest BCUT2D eigenvalue weighted by Crippen LogP contribution is -2.64. The third-order valence-electron chi connectivity index (χ3n) is 14.5. The molecule has 3 N–H and O–H groups in total. The maximum absolute atomic E-state index is 13.6. The van der Waals surface area contributed by atoms with Gasteiger partial charge in [0.25, 0.3) is 0 Å². The van der Waals surface area contributed by atoms with Crippen molar-refractivity contribution in [3.63, 3.8) is 0 Å². The van der Waals surface area contributed by atoms with E-state index in [2.05, 4.69) is 24.9 Å². The molecule has 390 valence electrons. The molecule has 11 nitrogen and oxygen atoms in total. The Labute approximate surface area is 429 Å². The lowest BCUT2D eigenvalue weighted by atomic mass is 9.56. The summed E-state index contributed by atoms with van der Waals surface area (Å²) in [6, 6.07) is 21.0. The molecule has 1 heterocycles. The first-order valence-corrected chi connectivity index (χ1v) is 28.0. The summed E-state index contributed by atoms with van der Waals surface area (Å²) >= 11 is 1.92. The van der Waals surface area contributed by atoms with E-state index in [1.54, 1.807) is 37.5 Å². The van der Waals surface area contributed by atoms with Gasteiger partial charge >= 0.3 is 6.09 Å². The topological polar surface area (TPSA) is 137 Å². The minimum atomic E-state index is -1.08. The summed E-state index contributed by atoms with van der Waals surface area (Å²) in [7, 11) is 3.11. The molecule has 1 saturated carbocycles. The molecule has 0 radical (unpaired) electrons. The van der Waals surface area contributed by atoms with Crippen LogP contribution in [0.3, 0.4) is 0 Å². The summed E-state index contributed by atoms with van der Waals surface area (Å²) in [5.74, 6) is 1.78. The average Bonchev–Trinajstić information content (AvgIpc) is 3.38. The number of hydrogen-bond acceptors (Lipinski definition) is 11. The highest BCUT2D eigenvalue weighted by molar-refractivity contribution is 8.00. The molecule has 1 aliphatic heterocycles. The molecule has 71 heavy (non-hydrogen) atoms. The van der Waals surface area contributed by atoms with E-state index < -0.39 is 11.9 Å². The number of unbranched alkanes of at least 4 members (excludes halogenated alkanes) is 15. The Balaban J connectivity index is 1.30. The van der Waals surface area contributed by atoms with E-state index in [0.29, 0.717) is 61.2 Å². The zero-order valence-corrected chi connectivity index (χ0v) is 43.9. The number of methoxy groups -OCH3 is 2. The molecule has 3 aromatic carbocycles. The lowest BCUT2D eigenvalue weighted by Gasteiger charge is -2.58. The van der Waals surface area contributed by atoms with Gasteiger partial charge in [-0.15, -0.1) is 6.58 Å². The van der Waals surface area contributed by atoms with Crippen LogP contribution in [-0.2, 0) is 16.2 Å². The van der Waals surface area contributed by atoms with Crippen LogP contribution in [0.4, 0.5) is 10.5 Å². The fourth-order valence-corrected chi connectivity index (χ4v) is 12.4. The monoisotopic (exact) mass is 997 g/mol. The van der Waals surface area contributed by atoms with Crippen LogP contribution < -0.4 is 24.3 Å². The SMILES string of the molecule is C=CCO[C@@]12Oc3ccc(OC(=O)Nc4ccc(OC)cc4OC)cc3[C@H]3[C@H](CCCCO)[C@@H](CCCCO)C=C(C(=NOCc4ccccc4)C[C@@H]1SCCCCCCCCCCCCCCCC)[C@H]32. The van der Waals surface area contributed by atoms with Crippen molar-refractivity contribution in [3.8, 4) is 23.0 Å². The van der Waals surface area contributed by atoms with E-state index in [4.69, 9.17) is 33.7 Å². The molecule has 0 saturated heterocycles. The summed E-state index contributed by atoms with van der Waals surface area (Å²) in [5, 5.41) is 27.7. The van der Waals surface area contributed by atoms with Gasteiger partial charge in [-0.05, 0) is 91.2 Å². The molecule has 1 amide bonds. The van der Waals surface area contributed by atoms with E-state index in [9.17, 15) is 15.0 Å². The fourth-order valence-electron chi connectivity index (χ4n) is 11.0. The van der Waals surface area contributed by atoms with E-state index in [-0.39, 0.29) is 42.1 Å². The van der Waals surface area contributed by atoms with Crippen LogP contribution in [0.1, 0.15) is 159 Å². The molecule has 1 fully saturated rings. The first kappa shape index (κ1) is 55.8. The number of amides is 1. The van der Waals surface area contributed by atoms with Crippen molar-refractivity contribution in [2.24, 2.45) is 22.9 Å². The van der Waals surface area contributed by atoms with Gasteiger partial charge in [0.1, 0.15) is 29.6 Å². The predicted octanol–water partition coefficient (Wildman–Crippen LogP) is 14.4. The minimum Gasteiger partial charge on any atom is -0.497 e. The van der Waals surface area contributed by atoms with Gasteiger partial charge in [-0.1, -0.05) is 151 Å². The summed E-state index contributed by atoms with van der Waals surface area (Å²) in [5.41, 5.74) is 4.39. The van der Waals surface area contributed by atoms with Crippen molar-refractivity contribution in [1.29, 1.82) is 0 Å². The molecule has 3 aliphatic rings. The number of oxime groups is 1. The number of allylic oxidation sites excluding steroid dienone is 1. The third-order valence-corrected chi connectivity index (χ3v) is 16.0.